The normalized spacial score (nSPS) is 17.9. The van der Waals surface area contributed by atoms with Crippen LogP contribution in [-0.4, -0.2) is 22.6 Å². The lowest BCUT2D eigenvalue weighted by atomic mass is 10.1. The Morgan fingerprint density at radius 3 is 2.56 bits per heavy atom. The number of hydrogen-bond acceptors (Lipinski definition) is 2. The second-order valence-electron chi connectivity index (χ2n) is 6.51. The fraction of sp³-hybridized carbons (Fsp3) is 0.238. The van der Waals surface area contributed by atoms with Crippen molar-refractivity contribution in [3.8, 4) is 5.69 Å². The average molecular weight is 397 g/mol. The summed E-state index contributed by atoms with van der Waals surface area (Å²) >= 11 is 3.48. The average Bonchev–Trinajstić information content (AvgIpc) is 3.27. The van der Waals surface area contributed by atoms with Gasteiger partial charge in [0.05, 0.1) is 6.61 Å². The molecule has 1 atom stereocenters. The van der Waals surface area contributed by atoms with E-state index in [4.69, 9.17) is 4.74 Å². The molecule has 0 saturated carbocycles. The van der Waals surface area contributed by atoms with Crippen molar-refractivity contribution in [2.45, 2.75) is 19.7 Å². The molecule has 0 radical (unpaired) electrons. The summed E-state index contributed by atoms with van der Waals surface area (Å²) in [5, 5.41) is 0. The lowest BCUT2D eigenvalue weighted by Crippen LogP contribution is -2.23. The second-order valence-corrected chi connectivity index (χ2v) is 7.42. The number of aryl methyl sites for hydroxylation is 1. The molecule has 0 spiro atoms. The topological polar surface area (TPSA) is 17.4 Å². The van der Waals surface area contributed by atoms with Gasteiger partial charge in [-0.25, -0.2) is 0 Å². The monoisotopic (exact) mass is 396 g/mol. The largest absolute Gasteiger partial charge is 0.357 e. The smallest absolute Gasteiger partial charge is 0.138 e. The van der Waals surface area contributed by atoms with Gasteiger partial charge in [0.15, 0.2) is 0 Å². The zero-order chi connectivity index (χ0) is 17.2. The molecule has 1 aromatic heterocycles. The zero-order valence-corrected chi connectivity index (χ0v) is 15.8. The van der Waals surface area contributed by atoms with Crippen LogP contribution in [0.2, 0.25) is 0 Å². The first-order valence-corrected chi connectivity index (χ1v) is 9.33. The zero-order valence-electron chi connectivity index (χ0n) is 14.2. The molecule has 1 saturated heterocycles. The minimum Gasteiger partial charge on any atom is -0.357 e. The van der Waals surface area contributed by atoms with Crippen molar-refractivity contribution in [1.82, 2.24) is 9.47 Å². The minimum atomic E-state index is 0.0259. The molecule has 4 heteroatoms. The van der Waals surface area contributed by atoms with E-state index < -0.39 is 0 Å². The highest BCUT2D eigenvalue weighted by Crippen LogP contribution is 2.29. The third kappa shape index (κ3) is 3.71. The molecule has 2 heterocycles. The van der Waals surface area contributed by atoms with Gasteiger partial charge in [-0.3, -0.25) is 4.90 Å². The van der Waals surface area contributed by atoms with E-state index in [0.717, 1.165) is 29.9 Å². The van der Waals surface area contributed by atoms with Gasteiger partial charge in [-0.15, -0.1) is 0 Å². The van der Waals surface area contributed by atoms with Crippen LogP contribution >= 0.6 is 15.9 Å². The van der Waals surface area contributed by atoms with Crippen molar-refractivity contribution in [2.75, 3.05) is 13.2 Å². The van der Waals surface area contributed by atoms with Crippen LogP contribution in [0.5, 0.6) is 0 Å². The number of ether oxygens (including phenoxy) is 1. The molecule has 0 N–H and O–H groups in total. The number of hydrogen-bond donors (Lipinski definition) is 0. The number of benzene rings is 2. The van der Waals surface area contributed by atoms with Gasteiger partial charge in [0.2, 0.25) is 0 Å². The van der Waals surface area contributed by atoms with E-state index in [0.29, 0.717) is 0 Å². The van der Waals surface area contributed by atoms with Crippen LogP contribution in [0.3, 0.4) is 0 Å². The fourth-order valence-electron chi connectivity index (χ4n) is 3.23. The number of nitrogens with zero attached hydrogens (tertiary/aromatic N) is 2. The summed E-state index contributed by atoms with van der Waals surface area (Å²) in [5.41, 5.74) is 4.98. The Bertz CT molecular complexity index is 839. The molecular weight excluding hydrogens is 376 g/mol. The van der Waals surface area contributed by atoms with Gasteiger partial charge in [-0.05, 0) is 42.8 Å². The fourth-order valence-corrected chi connectivity index (χ4v) is 3.50. The maximum atomic E-state index is 6.02. The van der Waals surface area contributed by atoms with Gasteiger partial charge in [0.25, 0.3) is 0 Å². The van der Waals surface area contributed by atoms with Crippen LogP contribution in [0.15, 0.2) is 71.5 Å². The Morgan fingerprint density at radius 2 is 1.80 bits per heavy atom. The SMILES string of the molecule is Cc1ccc(CN2CCO[C@H]2c2ccn(-c3ccc(Br)cc3)c2)cc1. The van der Waals surface area contributed by atoms with Crippen LogP contribution in [0.4, 0.5) is 0 Å². The van der Waals surface area contributed by atoms with Crippen molar-refractivity contribution in [3.63, 3.8) is 0 Å². The van der Waals surface area contributed by atoms with Crippen LogP contribution in [0.25, 0.3) is 5.69 Å². The summed E-state index contributed by atoms with van der Waals surface area (Å²) < 4.78 is 9.26. The van der Waals surface area contributed by atoms with Gasteiger partial charge in [0.1, 0.15) is 6.23 Å². The van der Waals surface area contributed by atoms with Crippen LogP contribution < -0.4 is 0 Å². The highest BCUT2D eigenvalue weighted by molar-refractivity contribution is 9.10. The van der Waals surface area contributed by atoms with E-state index in [1.165, 1.54) is 16.7 Å². The summed E-state index contributed by atoms with van der Waals surface area (Å²) in [4.78, 5) is 2.39. The highest BCUT2D eigenvalue weighted by atomic mass is 79.9. The third-order valence-corrected chi connectivity index (χ3v) is 5.15. The van der Waals surface area contributed by atoms with Gasteiger partial charge in [-0.2, -0.15) is 0 Å². The molecule has 0 unspecified atom stereocenters. The predicted octanol–water partition coefficient (Wildman–Crippen LogP) is 5.08. The summed E-state index contributed by atoms with van der Waals surface area (Å²) in [6.45, 7) is 4.77. The van der Waals surface area contributed by atoms with E-state index in [1.807, 2.05) is 0 Å². The lowest BCUT2D eigenvalue weighted by molar-refractivity contribution is 0.0288. The summed E-state index contributed by atoms with van der Waals surface area (Å²) in [6.07, 6.45) is 4.30. The van der Waals surface area contributed by atoms with E-state index in [1.54, 1.807) is 0 Å². The van der Waals surface area contributed by atoms with E-state index in [9.17, 15) is 0 Å². The maximum Gasteiger partial charge on any atom is 0.138 e. The van der Waals surface area contributed by atoms with Crippen LogP contribution in [0, 0.1) is 6.92 Å². The van der Waals surface area contributed by atoms with Crippen molar-refractivity contribution in [2.24, 2.45) is 0 Å². The standard InChI is InChI=1S/C21H21BrN2O/c1-16-2-4-17(5-3-16)14-24-12-13-25-21(24)18-10-11-23(15-18)20-8-6-19(22)7-9-20/h2-11,15,21H,12-14H2,1H3/t21-/m0/s1. The Kier molecular flexibility index (Phi) is 4.75. The number of aromatic nitrogens is 1. The lowest BCUT2D eigenvalue weighted by Gasteiger charge is -2.22. The molecule has 1 fully saturated rings. The molecule has 3 aromatic rings. The van der Waals surface area contributed by atoms with Crippen LogP contribution in [0.1, 0.15) is 22.9 Å². The molecule has 4 rings (SSSR count). The molecule has 25 heavy (non-hydrogen) atoms. The van der Waals surface area contributed by atoms with E-state index >= 15 is 0 Å². The van der Waals surface area contributed by atoms with E-state index in [2.05, 4.69) is 99.3 Å². The number of halogens is 1. The van der Waals surface area contributed by atoms with Gasteiger partial charge in [0, 0.05) is 41.2 Å². The summed E-state index contributed by atoms with van der Waals surface area (Å²) in [6, 6.07) is 19.2. The first-order valence-electron chi connectivity index (χ1n) is 8.54. The molecule has 1 aliphatic rings. The van der Waals surface area contributed by atoms with Crippen molar-refractivity contribution < 1.29 is 4.74 Å². The van der Waals surface area contributed by atoms with Crippen molar-refractivity contribution in [1.29, 1.82) is 0 Å². The van der Waals surface area contributed by atoms with Crippen LogP contribution in [-0.2, 0) is 11.3 Å². The molecular formula is C21H21BrN2O. The summed E-state index contributed by atoms with van der Waals surface area (Å²) in [7, 11) is 0. The first-order chi connectivity index (χ1) is 12.2. The molecule has 1 aliphatic heterocycles. The van der Waals surface area contributed by atoms with Crippen molar-refractivity contribution in [3.05, 3.63) is 88.2 Å². The predicted molar refractivity (Wildman–Crippen MR) is 104 cm³/mol. The van der Waals surface area contributed by atoms with Gasteiger partial charge >= 0.3 is 0 Å². The first kappa shape index (κ1) is 16.6. The van der Waals surface area contributed by atoms with Crippen molar-refractivity contribution >= 4 is 15.9 Å². The quantitative estimate of drug-likeness (QED) is 0.611. The minimum absolute atomic E-state index is 0.0259. The third-order valence-electron chi connectivity index (χ3n) is 4.62. The molecule has 0 bridgehead atoms. The molecule has 2 aromatic carbocycles. The Hall–Kier alpha value is -1.88. The number of rotatable bonds is 4. The Labute approximate surface area is 157 Å². The Morgan fingerprint density at radius 1 is 1.04 bits per heavy atom. The maximum absolute atomic E-state index is 6.02. The van der Waals surface area contributed by atoms with Gasteiger partial charge in [-0.1, -0.05) is 45.8 Å². The van der Waals surface area contributed by atoms with Gasteiger partial charge < -0.3 is 9.30 Å². The molecule has 0 aliphatic carbocycles. The van der Waals surface area contributed by atoms with E-state index in [-0.39, 0.29) is 6.23 Å². The summed E-state index contributed by atoms with van der Waals surface area (Å²) in [5.74, 6) is 0. The molecule has 3 nitrogen and oxygen atoms in total. The highest BCUT2D eigenvalue weighted by Gasteiger charge is 2.27. The Balaban J connectivity index is 1.52. The second kappa shape index (κ2) is 7.16. The molecule has 128 valence electrons. The molecule has 0 amide bonds.